The van der Waals surface area contributed by atoms with Crippen molar-refractivity contribution in [2.24, 2.45) is 0 Å². The number of fused-ring (bicyclic) bond motifs is 1. The average molecular weight is 136 g/mol. The molecular formula is C5H2N3S. The molecule has 0 bridgehead atoms. The van der Waals surface area contributed by atoms with E-state index >= 15 is 0 Å². The summed E-state index contributed by atoms with van der Waals surface area (Å²) in [6.07, 6.45) is 4.19. The van der Waals surface area contributed by atoms with Crippen LogP contribution in [0.2, 0.25) is 0 Å². The topological polar surface area (TPSA) is 38.7 Å². The SMILES string of the molecule is [c]1ncnc2scnc12. The summed E-state index contributed by atoms with van der Waals surface area (Å²) in [7, 11) is 0. The van der Waals surface area contributed by atoms with Gasteiger partial charge in [0.1, 0.15) is 22.9 Å². The second-order valence-corrected chi connectivity index (χ2v) is 2.32. The lowest BCUT2D eigenvalue weighted by molar-refractivity contribution is 1.21. The van der Waals surface area contributed by atoms with Crippen LogP contribution < -0.4 is 0 Å². The standard InChI is InChI=1S/C5H2N3S/c1-4-5(7-2-6-1)9-3-8-4/h2-3H. The van der Waals surface area contributed by atoms with Gasteiger partial charge in [0.15, 0.2) is 0 Å². The van der Waals surface area contributed by atoms with E-state index in [0.717, 1.165) is 10.3 Å². The highest BCUT2D eigenvalue weighted by molar-refractivity contribution is 7.16. The smallest absolute Gasteiger partial charge is 0.147 e. The molecule has 4 heteroatoms. The Morgan fingerprint density at radius 2 is 2.44 bits per heavy atom. The molecule has 9 heavy (non-hydrogen) atoms. The minimum atomic E-state index is 0.752. The number of hydrogen-bond donors (Lipinski definition) is 0. The zero-order chi connectivity index (χ0) is 6.10. The number of hydrogen-bond acceptors (Lipinski definition) is 4. The maximum absolute atomic E-state index is 3.96. The molecule has 2 rings (SSSR count). The fourth-order valence-electron chi connectivity index (χ4n) is 0.580. The molecule has 2 aromatic rings. The highest BCUT2D eigenvalue weighted by Gasteiger charge is 1.93. The van der Waals surface area contributed by atoms with E-state index in [2.05, 4.69) is 21.1 Å². The van der Waals surface area contributed by atoms with Gasteiger partial charge in [-0.05, 0) is 0 Å². The van der Waals surface area contributed by atoms with Crippen LogP contribution in [0, 0.1) is 6.20 Å². The summed E-state index contributed by atoms with van der Waals surface area (Å²) in [5.74, 6) is 0. The van der Waals surface area contributed by atoms with Gasteiger partial charge >= 0.3 is 0 Å². The first-order valence-corrected chi connectivity index (χ1v) is 3.26. The predicted molar refractivity (Wildman–Crippen MR) is 34.0 cm³/mol. The number of rotatable bonds is 0. The molecule has 0 aliphatic heterocycles. The molecule has 0 aromatic carbocycles. The van der Waals surface area contributed by atoms with Gasteiger partial charge in [-0.3, -0.25) is 0 Å². The van der Waals surface area contributed by atoms with Crippen molar-refractivity contribution in [1.29, 1.82) is 0 Å². The highest BCUT2D eigenvalue weighted by atomic mass is 32.1. The molecule has 1 radical (unpaired) electrons. The normalized spacial score (nSPS) is 10.2. The van der Waals surface area contributed by atoms with Crippen molar-refractivity contribution >= 4 is 21.7 Å². The molecule has 0 aliphatic rings. The lowest BCUT2D eigenvalue weighted by atomic mass is 10.6. The average Bonchev–Trinajstić information content (AvgIpc) is 2.33. The highest BCUT2D eigenvalue weighted by Crippen LogP contribution is 2.10. The van der Waals surface area contributed by atoms with Crippen LogP contribution in [0.15, 0.2) is 11.8 Å². The van der Waals surface area contributed by atoms with Crippen LogP contribution >= 0.6 is 11.3 Å². The first-order valence-electron chi connectivity index (χ1n) is 2.39. The molecule has 0 saturated heterocycles. The minimum Gasteiger partial charge on any atom is -0.241 e. The molecule has 0 amide bonds. The summed E-state index contributed by atoms with van der Waals surface area (Å²) in [5.41, 5.74) is 2.48. The summed E-state index contributed by atoms with van der Waals surface area (Å²) >= 11 is 1.49. The number of nitrogens with zero attached hydrogens (tertiary/aromatic N) is 3. The van der Waals surface area contributed by atoms with Crippen LogP contribution in [0.25, 0.3) is 10.3 Å². The van der Waals surface area contributed by atoms with Crippen molar-refractivity contribution < 1.29 is 0 Å². The molecular weight excluding hydrogens is 134 g/mol. The largest absolute Gasteiger partial charge is 0.241 e. The molecule has 0 spiro atoms. The Hall–Kier alpha value is -1.03. The Balaban J connectivity index is 2.95. The van der Waals surface area contributed by atoms with Crippen LogP contribution in [0.1, 0.15) is 0 Å². The second kappa shape index (κ2) is 1.73. The van der Waals surface area contributed by atoms with Crippen molar-refractivity contribution in [3.05, 3.63) is 18.0 Å². The Bertz CT molecular complexity index is 286. The molecule has 0 atom stereocenters. The van der Waals surface area contributed by atoms with Gasteiger partial charge in [-0.15, -0.1) is 11.3 Å². The molecule has 0 fully saturated rings. The van der Waals surface area contributed by atoms with Crippen LogP contribution in [-0.4, -0.2) is 15.0 Å². The predicted octanol–water partition coefficient (Wildman–Crippen LogP) is 0.886. The Morgan fingerprint density at radius 1 is 1.44 bits per heavy atom. The van der Waals surface area contributed by atoms with Gasteiger partial charge in [0.05, 0.1) is 5.51 Å². The van der Waals surface area contributed by atoms with Gasteiger partial charge < -0.3 is 0 Å². The van der Waals surface area contributed by atoms with Gasteiger partial charge in [-0.25, -0.2) is 15.0 Å². The summed E-state index contributed by atoms with van der Waals surface area (Å²) in [5, 5.41) is 0. The first kappa shape index (κ1) is 4.81. The molecule has 43 valence electrons. The van der Waals surface area contributed by atoms with E-state index in [1.54, 1.807) is 5.51 Å². The van der Waals surface area contributed by atoms with E-state index in [9.17, 15) is 0 Å². The van der Waals surface area contributed by atoms with Crippen LogP contribution in [-0.2, 0) is 0 Å². The maximum atomic E-state index is 3.96. The first-order chi connectivity index (χ1) is 4.47. The van der Waals surface area contributed by atoms with E-state index in [4.69, 9.17) is 0 Å². The van der Waals surface area contributed by atoms with Gasteiger partial charge in [0.2, 0.25) is 0 Å². The molecule has 0 aliphatic carbocycles. The maximum Gasteiger partial charge on any atom is 0.147 e. The third-order valence-corrected chi connectivity index (χ3v) is 1.68. The fourth-order valence-corrected chi connectivity index (χ4v) is 1.16. The third kappa shape index (κ3) is 0.675. The zero-order valence-corrected chi connectivity index (χ0v) is 5.22. The molecule has 0 unspecified atom stereocenters. The summed E-state index contributed by atoms with van der Waals surface area (Å²) in [6, 6.07) is 0. The molecule has 0 N–H and O–H groups in total. The van der Waals surface area contributed by atoms with E-state index < -0.39 is 0 Å². The van der Waals surface area contributed by atoms with Crippen LogP contribution in [0.4, 0.5) is 0 Å². The Labute approximate surface area is 55.4 Å². The lowest BCUT2D eigenvalue weighted by Crippen LogP contribution is -1.74. The van der Waals surface area contributed by atoms with Crippen LogP contribution in [0.5, 0.6) is 0 Å². The number of aromatic nitrogens is 3. The molecule has 2 heterocycles. The second-order valence-electron chi connectivity index (χ2n) is 1.49. The van der Waals surface area contributed by atoms with Crippen molar-refractivity contribution in [3.63, 3.8) is 0 Å². The minimum absolute atomic E-state index is 0.752. The van der Waals surface area contributed by atoms with E-state index in [-0.39, 0.29) is 0 Å². The van der Waals surface area contributed by atoms with Crippen molar-refractivity contribution in [2.75, 3.05) is 0 Å². The van der Waals surface area contributed by atoms with E-state index in [1.807, 2.05) is 0 Å². The Morgan fingerprint density at radius 3 is 3.33 bits per heavy atom. The van der Waals surface area contributed by atoms with Gasteiger partial charge in [-0.1, -0.05) is 0 Å². The van der Waals surface area contributed by atoms with Gasteiger partial charge in [0.25, 0.3) is 0 Å². The lowest BCUT2D eigenvalue weighted by Gasteiger charge is -1.78. The quantitative estimate of drug-likeness (QED) is 0.539. The Kier molecular flexibility index (Phi) is 0.927. The number of thiazole rings is 1. The molecule has 3 nitrogen and oxygen atoms in total. The van der Waals surface area contributed by atoms with Crippen molar-refractivity contribution in [2.45, 2.75) is 0 Å². The summed E-state index contributed by atoms with van der Waals surface area (Å²) in [6.45, 7) is 0. The van der Waals surface area contributed by atoms with Crippen molar-refractivity contribution in [1.82, 2.24) is 15.0 Å². The van der Waals surface area contributed by atoms with E-state index in [1.165, 1.54) is 17.7 Å². The third-order valence-electron chi connectivity index (χ3n) is 0.952. The van der Waals surface area contributed by atoms with Gasteiger partial charge in [-0.2, -0.15) is 0 Å². The molecule has 0 saturated carbocycles. The van der Waals surface area contributed by atoms with Gasteiger partial charge in [0, 0.05) is 0 Å². The summed E-state index contributed by atoms with van der Waals surface area (Å²) in [4.78, 5) is 12.5. The summed E-state index contributed by atoms with van der Waals surface area (Å²) < 4.78 is 0. The zero-order valence-electron chi connectivity index (χ0n) is 4.40. The van der Waals surface area contributed by atoms with E-state index in [0.29, 0.717) is 0 Å². The monoisotopic (exact) mass is 136 g/mol. The molecule has 2 aromatic heterocycles. The fraction of sp³-hybridized carbons (Fsp3) is 0. The van der Waals surface area contributed by atoms with Crippen LogP contribution in [0.3, 0.4) is 0 Å². The van der Waals surface area contributed by atoms with Crippen molar-refractivity contribution in [3.8, 4) is 0 Å².